The van der Waals surface area contributed by atoms with Gasteiger partial charge in [-0.25, -0.2) is 0 Å². The van der Waals surface area contributed by atoms with E-state index in [2.05, 4.69) is 18.2 Å². The van der Waals surface area contributed by atoms with Gasteiger partial charge in [0.05, 0.1) is 6.10 Å². The van der Waals surface area contributed by atoms with Crippen molar-refractivity contribution < 1.29 is 9.90 Å². The molecule has 110 valence electrons. The minimum atomic E-state index is -0.421. The molecule has 0 radical (unpaired) electrons. The molecular weight excluding hydrogens is 260 g/mol. The van der Waals surface area contributed by atoms with Crippen LogP contribution in [0.1, 0.15) is 32.1 Å². The Balaban J connectivity index is 1.77. The van der Waals surface area contributed by atoms with Crippen molar-refractivity contribution in [2.24, 2.45) is 0 Å². The summed E-state index contributed by atoms with van der Waals surface area (Å²) in [5, 5.41) is 10.9. The third-order valence-electron chi connectivity index (χ3n) is 4.39. The smallest absolute Gasteiger partial charge is 0.222 e. The number of likely N-dealkylation sites (N-methyl/N-ethyl adjacent to an activating group) is 1. The first kappa shape index (κ1) is 15.1. The summed E-state index contributed by atoms with van der Waals surface area (Å²) in [5.74, 6) is 0.199. The van der Waals surface area contributed by atoms with Gasteiger partial charge >= 0.3 is 0 Å². The average molecular weight is 286 g/mol. The predicted molar refractivity (Wildman–Crippen MR) is 79.4 cm³/mol. The molecule has 1 saturated carbocycles. The number of thioether (sulfide) groups is 1. The van der Waals surface area contributed by atoms with Crippen LogP contribution in [0.4, 0.5) is 0 Å². The van der Waals surface area contributed by atoms with Crippen molar-refractivity contribution in [1.82, 2.24) is 9.80 Å². The summed E-state index contributed by atoms with van der Waals surface area (Å²) in [6, 6.07) is 0.582. The van der Waals surface area contributed by atoms with E-state index >= 15 is 0 Å². The van der Waals surface area contributed by atoms with Crippen molar-refractivity contribution in [3.63, 3.8) is 0 Å². The van der Waals surface area contributed by atoms with Gasteiger partial charge in [-0.1, -0.05) is 6.42 Å². The maximum Gasteiger partial charge on any atom is 0.222 e. The molecule has 4 nitrogen and oxygen atoms in total. The molecule has 3 unspecified atom stereocenters. The molecule has 0 aromatic heterocycles. The van der Waals surface area contributed by atoms with Gasteiger partial charge in [-0.2, -0.15) is 11.8 Å². The van der Waals surface area contributed by atoms with Crippen LogP contribution in [0.5, 0.6) is 0 Å². The zero-order valence-electron chi connectivity index (χ0n) is 12.0. The van der Waals surface area contributed by atoms with Gasteiger partial charge in [0.15, 0.2) is 0 Å². The molecule has 2 rings (SSSR count). The van der Waals surface area contributed by atoms with Crippen LogP contribution in [0, 0.1) is 0 Å². The van der Waals surface area contributed by atoms with E-state index in [0.717, 1.165) is 13.0 Å². The zero-order chi connectivity index (χ0) is 13.8. The predicted octanol–water partition coefficient (Wildman–Crippen LogP) is 1.19. The van der Waals surface area contributed by atoms with Gasteiger partial charge in [-0.05, 0) is 32.6 Å². The lowest BCUT2D eigenvalue weighted by Crippen LogP contribution is -2.44. The Morgan fingerprint density at radius 3 is 2.89 bits per heavy atom. The number of carbonyl (C=O) groups excluding carboxylic acids is 1. The summed E-state index contributed by atoms with van der Waals surface area (Å²) in [5.41, 5.74) is 0. The summed E-state index contributed by atoms with van der Waals surface area (Å²) in [6.07, 6.45) is 7.17. The summed E-state index contributed by atoms with van der Waals surface area (Å²) >= 11 is 1.94. The highest BCUT2D eigenvalue weighted by Crippen LogP contribution is 2.31. The molecule has 19 heavy (non-hydrogen) atoms. The van der Waals surface area contributed by atoms with E-state index in [4.69, 9.17) is 0 Å². The van der Waals surface area contributed by atoms with Crippen molar-refractivity contribution in [3.8, 4) is 0 Å². The molecule has 3 atom stereocenters. The second-order valence-corrected chi connectivity index (χ2v) is 6.89. The Morgan fingerprint density at radius 1 is 1.47 bits per heavy atom. The number of nitrogens with zero attached hydrogens (tertiary/aromatic N) is 2. The monoisotopic (exact) mass is 286 g/mol. The Hall–Kier alpha value is -0.260. The van der Waals surface area contributed by atoms with Crippen molar-refractivity contribution in [3.05, 3.63) is 0 Å². The topological polar surface area (TPSA) is 43.8 Å². The zero-order valence-corrected chi connectivity index (χ0v) is 12.9. The maximum atomic E-state index is 11.5. The number of rotatable bonds is 6. The minimum absolute atomic E-state index is 0.199. The van der Waals surface area contributed by atoms with Crippen molar-refractivity contribution in [2.45, 2.75) is 49.5 Å². The van der Waals surface area contributed by atoms with E-state index in [1.54, 1.807) is 4.90 Å². The standard InChI is InChI=1S/C14H26N2O2S/c1-15(12-5-3-6-13(12)19-2)9-11(17)10-16-8-4-7-14(16)18/h11-13,17H,3-10H2,1-2H3. The average Bonchev–Trinajstić information content (AvgIpc) is 2.98. The molecule has 1 aliphatic carbocycles. The number of likely N-dealkylation sites (tertiary alicyclic amines) is 1. The van der Waals surface area contributed by atoms with Crippen LogP contribution in [0.2, 0.25) is 0 Å². The fourth-order valence-electron chi connectivity index (χ4n) is 3.36. The van der Waals surface area contributed by atoms with Crippen LogP contribution in [0.15, 0.2) is 0 Å². The highest BCUT2D eigenvalue weighted by molar-refractivity contribution is 7.99. The second-order valence-electron chi connectivity index (χ2n) is 5.81. The van der Waals surface area contributed by atoms with Crippen LogP contribution in [0.25, 0.3) is 0 Å². The highest BCUT2D eigenvalue weighted by atomic mass is 32.2. The van der Waals surface area contributed by atoms with Gasteiger partial charge in [0.1, 0.15) is 0 Å². The summed E-state index contributed by atoms with van der Waals surface area (Å²) < 4.78 is 0. The number of hydrogen-bond acceptors (Lipinski definition) is 4. The molecular formula is C14H26N2O2S. The van der Waals surface area contributed by atoms with Crippen molar-refractivity contribution >= 4 is 17.7 Å². The molecule has 1 N–H and O–H groups in total. The Kier molecular flexibility index (Phi) is 5.54. The molecule has 2 fully saturated rings. The molecule has 1 amide bonds. The summed E-state index contributed by atoms with van der Waals surface area (Å²) in [7, 11) is 2.11. The Morgan fingerprint density at radius 2 is 2.26 bits per heavy atom. The summed E-state index contributed by atoms with van der Waals surface area (Å²) in [6.45, 7) is 1.99. The van der Waals surface area contributed by atoms with Gasteiger partial charge < -0.3 is 10.0 Å². The number of amides is 1. The van der Waals surface area contributed by atoms with Crippen molar-refractivity contribution in [1.29, 1.82) is 0 Å². The number of aliphatic hydroxyl groups excluding tert-OH is 1. The van der Waals surface area contributed by atoms with Gasteiger partial charge in [0.2, 0.25) is 5.91 Å². The van der Waals surface area contributed by atoms with Crippen LogP contribution in [0.3, 0.4) is 0 Å². The maximum absolute atomic E-state index is 11.5. The lowest BCUT2D eigenvalue weighted by atomic mass is 10.2. The van der Waals surface area contributed by atoms with Crippen LogP contribution >= 0.6 is 11.8 Å². The number of β-amino-alcohol motifs (C(OH)–C–C–N with tert-alkyl or cyclic N) is 1. The van der Waals surface area contributed by atoms with Gasteiger partial charge in [-0.15, -0.1) is 0 Å². The molecule has 0 bridgehead atoms. The molecule has 2 aliphatic rings. The first-order valence-electron chi connectivity index (χ1n) is 7.30. The fourth-order valence-corrected chi connectivity index (χ4v) is 4.42. The molecule has 0 aromatic rings. The third-order valence-corrected chi connectivity index (χ3v) is 5.54. The Bertz CT molecular complexity index is 314. The van der Waals surface area contributed by atoms with E-state index in [1.807, 2.05) is 11.8 Å². The van der Waals surface area contributed by atoms with E-state index < -0.39 is 6.10 Å². The third kappa shape index (κ3) is 3.86. The minimum Gasteiger partial charge on any atom is -0.390 e. The van der Waals surface area contributed by atoms with Gasteiger partial charge in [0, 0.05) is 37.3 Å². The lowest BCUT2D eigenvalue weighted by Gasteiger charge is -2.31. The Labute approximate surface area is 120 Å². The van der Waals surface area contributed by atoms with E-state index in [1.165, 1.54) is 19.3 Å². The molecule has 0 spiro atoms. The first-order chi connectivity index (χ1) is 9.11. The highest BCUT2D eigenvalue weighted by Gasteiger charge is 2.31. The molecule has 1 saturated heterocycles. The van der Waals surface area contributed by atoms with E-state index in [9.17, 15) is 9.90 Å². The quantitative estimate of drug-likeness (QED) is 0.796. The second kappa shape index (κ2) is 6.95. The van der Waals surface area contributed by atoms with E-state index in [0.29, 0.717) is 30.8 Å². The first-order valence-corrected chi connectivity index (χ1v) is 8.59. The molecule has 1 heterocycles. The number of carbonyl (C=O) groups is 1. The molecule has 5 heteroatoms. The molecule has 0 aromatic carbocycles. The van der Waals surface area contributed by atoms with Crippen LogP contribution in [-0.4, -0.2) is 71.1 Å². The van der Waals surface area contributed by atoms with Gasteiger partial charge in [-0.3, -0.25) is 9.69 Å². The fraction of sp³-hybridized carbons (Fsp3) is 0.929. The lowest BCUT2D eigenvalue weighted by molar-refractivity contribution is -0.129. The number of aliphatic hydroxyl groups is 1. The van der Waals surface area contributed by atoms with Crippen LogP contribution < -0.4 is 0 Å². The molecule has 1 aliphatic heterocycles. The SMILES string of the molecule is CSC1CCCC1N(C)CC(O)CN1CCCC1=O. The number of hydrogen-bond donors (Lipinski definition) is 1. The van der Waals surface area contributed by atoms with Crippen molar-refractivity contribution in [2.75, 3.05) is 32.9 Å². The summed E-state index contributed by atoms with van der Waals surface area (Å²) in [4.78, 5) is 15.6. The van der Waals surface area contributed by atoms with Gasteiger partial charge in [0.25, 0.3) is 0 Å². The van der Waals surface area contributed by atoms with E-state index in [-0.39, 0.29) is 5.91 Å². The largest absolute Gasteiger partial charge is 0.390 e. The van der Waals surface area contributed by atoms with Crippen LogP contribution in [-0.2, 0) is 4.79 Å². The normalized spacial score (nSPS) is 29.5.